The Bertz CT molecular complexity index is 1240. The second kappa shape index (κ2) is 16.3. The fourth-order valence-electron chi connectivity index (χ4n) is 4.69. The van der Waals surface area contributed by atoms with Crippen LogP contribution in [0, 0.1) is 15.2 Å². The van der Waals surface area contributed by atoms with Crippen molar-refractivity contribution in [1.29, 1.82) is 0 Å². The number of carbonyl (C=O) groups excluding carboxylic acids is 3. The van der Waals surface area contributed by atoms with Gasteiger partial charge in [-0.1, -0.05) is 12.1 Å². The third kappa shape index (κ3) is 11.6. The van der Waals surface area contributed by atoms with Gasteiger partial charge in [0.15, 0.2) is 6.10 Å². The number of hydrogen-bond acceptors (Lipinski definition) is 6. The smallest absolute Gasteiger partial charge is 0.446 e. The molecule has 2 aromatic carbocycles. The lowest BCUT2D eigenvalue weighted by molar-refractivity contribution is -0.205. The summed E-state index contributed by atoms with van der Waals surface area (Å²) < 4.78 is 72.3. The van der Waals surface area contributed by atoms with E-state index >= 15 is 0 Å². The van der Waals surface area contributed by atoms with Crippen molar-refractivity contribution in [3.8, 4) is 0 Å². The zero-order chi connectivity index (χ0) is 31.6. The van der Waals surface area contributed by atoms with Gasteiger partial charge in [0.25, 0.3) is 5.91 Å². The number of halogens is 6. The van der Waals surface area contributed by atoms with Crippen molar-refractivity contribution in [1.82, 2.24) is 15.5 Å². The molecule has 2 amide bonds. The SMILES string of the molecule is O=C(N[C@@H](Cc1cc(F)cc(F)c1)[C@H](O)CNCc1cccc(I)c1)C(CCC(=O)N1CCCCC1)OC(=O)C(F)(F)F. The Kier molecular flexibility index (Phi) is 13.1. The molecule has 43 heavy (non-hydrogen) atoms. The molecule has 2 aromatic rings. The van der Waals surface area contributed by atoms with E-state index in [-0.39, 0.29) is 24.9 Å². The summed E-state index contributed by atoms with van der Waals surface area (Å²) in [7, 11) is 0. The molecule has 1 heterocycles. The van der Waals surface area contributed by atoms with Gasteiger partial charge in [-0.2, -0.15) is 13.2 Å². The molecule has 1 aliphatic rings. The Labute approximate surface area is 259 Å². The Hall–Kier alpha value is -2.85. The minimum atomic E-state index is -5.40. The summed E-state index contributed by atoms with van der Waals surface area (Å²) in [6.45, 7) is 1.17. The van der Waals surface area contributed by atoms with Gasteiger partial charge in [0.05, 0.1) is 12.1 Å². The van der Waals surface area contributed by atoms with Gasteiger partial charge in [0, 0.05) is 48.7 Å². The average molecular weight is 725 g/mol. The summed E-state index contributed by atoms with van der Waals surface area (Å²) in [6, 6.07) is 8.85. The molecule has 14 heteroatoms. The van der Waals surface area contributed by atoms with Crippen LogP contribution in [0.3, 0.4) is 0 Å². The van der Waals surface area contributed by atoms with Crippen LogP contribution in [0.4, 0.5) is 22.0 Å². The van der Waals surface area contributed by atoms with Crippen molar-refractivity contribution in [3.05, 3.63) is 68.8 Å². The number of amides is 2. The van der Waals surface area contributed by atoms with Crippen molar-refractivity contribution in [2.24, 2.45) is 0 Å². The maximum atomic E-state index is 13.9. The van der Waals surface area contributed by atoms with E-state index in [1.807, 2.05) is 24.3 Å². The van der Waals surface area contributed by atoms with E-state index in [0.717, 1.165) is 40.5 Å². The second-order valence-electron chi connectivity index (χ2n) is 10.3. The third-order valence-corrected chi connectivity index (χ3v) is 7.52. The van der Waals surface area contributed by atoms with Gasteiger partial charge >= 0.3 is 12.1 Å². The molecule has 0 saturated carbocycles. The van der Waals surface area contributed by atoms with E-state index < -0.39 is 60.3 Å². The molecule has 3 rings (SSSR count). The summed E-state index contributed by atoms with van der Waals surface area (Å²) in [5.74, 6) is -6.00. The normalized spacial score (nSPS) is 15.8. The Balaban J connectivity index is 1.75. The quantitative estimate of drug-likeness (QED) is 0.164. The highest BCUT2D eigenvalue weighted by molar-refractivity contribution is 14.1. The largest absolute Gasteiger partial charge is 0.490 e. The van der Waals surface area contributed by atoms with Crippen LogP contribution in [0.25, 0.3) is 0 Å². The van der Waals surface area contributed by atoms with Crippen LogP contribution >= 0.6 is 22.6 Å². The lowest BCUT2D eigenvalue weighted by atomic mass is 9.99. The van der Waals surface area contributed by atoms with Crippen LogP contribution < -0.4 is 10.6 Å². The molecule has 0 aliphatic carbocycles. The Morgan fingerprint density at radius 1 is 1.00 bits per heavy atom. The van der Waals surface area contributed by atoms with Crippen LogP contribution in [0.15, 0.2) is 42.5 Å². The van der Waals surface area contributed by atoms with E-state index in [9.17, 15) is 41.4 Å². The number of nitrogens with zero attached hydrogens (tertiary/aromatic N) is 1. The van der Waals surface area contributed by atoms with E-state index in [1.54, 1.807) is 0 Å². The molecular weight excluding hydrogens is 692 g/mol. The van der Waals surface area contributed by atoms with Crippen molar-refractivity contribution < 1.29 is 46.2 Å². The number of ether oxygens (including phenoxy) is 1. The first-order chi connectivity index (χ1) is 20.3. The van der Waals surface area contributed by atoms with E-state index in [2.05, 4.69) is 38.0 Å². The van der Waals surface area contributed by atoms with Crippen molar-refractivity contribution in [2.45, 2.75) is 69.5 Å². The summed E-state index contributed by atoms with van der Waals surface area (Å²) in [5.41, 5.74) is 0.952. The van der Waals surface area contributed by atoms with Crippen LogP contribution in [0.1, 0.15) is 43.2 Å². The number of rotatable bonds is 13. The third-order valence-electron chi connectivity index (χ3n) is 6.84. The number of piperidine rings is 1. The molecule has 1 fully saturated rings. The van der Waals surface area contributed by atoms with Crippen LogP contribution in [0.2, 0.25) is 0 Å². The predicted octanol–water partition coefficient (Wildman–Crippen LogP) is 4.01. The number of likely N-dealkylation sites (tertiary alicyclic amines) is 1. The average Bonchev–Trinajstić information content (AvgIpc) is 2.94. The van der Waals surface area contributed by atoms with Crippen LogP contribution in [-0.2, 0) is 32.1 Å². The molecule has 236 valence electrons. The molecule has 0 aromatic heterocycles. The van der Waals surface area contributed by atoms with Crippen molar-refractivity contribution in [2.75, 3.05) is 19.6 Å². The van der Waals surface area contributed by atoms with Gasteiger partial charge in [-0.3, -0.25) is 9.59 Å². The summed E-state index contributed by atoms with van der Waals surface area (Å²) >= 11 is 2.14. The number of aliphatic hydroxyl groups is 1. The summed E-state index contributed by atoms with van der Waals surface area (Å²) in [5, 5.41) is 16.3. The first kappa shape index (κ1) is 34.6. The number of benzene rings is 2. The van der Waals surface area contributed by atoms with Crippen molar-refractivity contribution >= 4 is 40.4 Å². The van der Waals surface area contributed by atoms with Gasteiger partial charge in [0.1, 0.15) is 11.6 Å². The lowest BCUT2D eigenvalue weighted by Crippen LogP contribution is -2.52. The zero-order valence-electron chi connectivity index (χ0n) is 23.1. The number of hydrogen-bond donors (Lipinski definition) is 3. The molecular formula is C29H33F5IN3O5. The minimum absolute atomic E-state index is 0.0589. The molecule has 1 saturated heterocycles. The maximum Gasteiger partial charge on any atom is 0.490 e. The molecule has 1 aliphatic heterocycles. The minimum Gasteiger partial charge on any atom is -0.446 e. The first-order valence-electron chi connectivity index (χ1n) is 13.8. The second-order valence-corrected chi connectivity index (χ2v) is 11.5. The number of carbonyl (C=O) groups is 3. The Morgan fingerprint density at radius 3 is 2.30 bits per heavy atom. The highest BCUT2D eigenvalue weighted by Crippen LogP contribution is 2.20. The predicted molar refractivity (Wildman–Crippen MR) is 154 cm³/mol. The summed E-state index contributed by atoms with van der Waals surface area (Å²) in [6.07, 6.45) is -7.50. The van der Waals surface area contributed by atoms with Crippen LogP contribution in [-0.4, -0.2) is 71.9 Å². The monoisotopic (exact) mass is 725 g/mol. The molecule has 0 spiro atoms. The highest BCUT2D eigenvalue weighted by Gasteiger charge is 2.43. The van der Waals surface area contributed by atoms with Crippen LogP contribution in [0.5, 0.6) is 0 Å². The molecule has 8 nitrogen and oxygen atoms in total. The Morgan fingerprint density at radius 2 is 1.67 bits per heavy atom. The van der Waals surface area contributed by atoms with E-state index in [1.165, 1.54) is 4.90 Å². The molecule has 1 unspecified atom stereocenters. The number of aliphatic hydroxyl groups excluding tert-OH is 1. The maximum absolute atomic E-state index is 13.9. The van der Waals surface area contributed by atoms with Crippen molar-refractivity contribution in [3.63, 3.8) is 0 Å². The zero-order valence-corrected chi connectivity index (χ0v) is 25.3. The molecule has 0 bridgehead atoms. The number of alkyl halides is 3. The highest BCUT2D eigenvalue weighted by atomic mass is 127. The van der Waals surface area contributed by atoms with Gasteiger partial charge in [-0.15, -0.1) is 0 Å². The molecule has 3 atom stereocenters. The first-order valence-corrected chi connectivity index (χ1v) is 14.8. The summed E-state index contributed by atoms with van der Waals surface area (Å²) in [4.78, 5) is 39.0. The van der Waals surface area contributed by atoms with Gasteiger partial charge in [0.2, 0.25) is 5.91 Å². The van der Waals surface area contributed by atoms with Gasteiger partial charge in [-0.05, 0) is 83.7 Å². The lowest BCUT2D eigenvalue weighted by Gasteiger charge is -2.29. The standard InChI is InChI=1S/C29H33F5IN3O5/c30-20-11-19(12-21(31)15-20)14-23(24(39)17-36-16-18-5-4-6-22(35)13-18)37-27(41)25(43-28(42)29(32,33)34)7-8-26(40)38-9-2-1-3-10-38/h4-6,11-13,15,23-25,36,39H,1-3,7-10,14,16-17H2,(H,37,41)/t23-,24+,25?/m0/s1. The molecule has 3 N–H and O–H groups in total. The van der Waals surface area contributed by atoms with Gasteiger partial charge < -0.3 is 25.4 Å². The van der Waals surface area contributed by atoms with E-state index in [4.69, 9.17) is 0 Å². The number of nitrogens with one attached hydrogen (secondary N) is 2. The fraction of sp³-hybridized carbons (Fsp3) is 0.483. The fourth-order valence-corrected chi connectivity index (χ4v) is 5.30. The number of esters is 1. The van der Waals surface area contributed by atoms with Gasteiger partial charge in [-0.25, -0.2) is 13.6 Å². The molecule has 0 radical (unpaired) electrons. The van der Waals surface area contributed by atoms with E-state index in [0.29, 0.717) is 25.7 Å². The topological polar surface area (TPSA) is 108 Å².